The molecule has 1 fully saturated rings. The summed E-state index contributed by atoms with van der Waals surface area (Å²) in [6, 6.07) is 16.9. The molecule has 0 spiro atoms. The zero-order chi connectivity index (χ0) is 22.0. The van der Waals surface area contributed by atoms with Crippen LogP contribution in [0.25, 0.3) is 0 Å². The number of carbonyl (C=O) groups is 2. The first-order chi connectivity index (χ1) is 15.0. The first kappa shape index (κ1) is 20.9. The molecule has 1 saturated heterocycles. The number of halogens is 2. The molecule has 4 rings (SSSR count). The van der Waals surface area contributed by atoms with Crippen LogP contribution in [0.2, 0.25) is 0 Å². The molecule has 1 heterocycles. The third-order valence-electron chi connectivity index (χ3n) is 4.82. The topological polar surface area (TPSA) is 58.6 Å². The fourth-order valence-electron chi connectivity index (χ4n) is 3.32. The minimum Gasteiger partial charge on any atom is -0.497 e. The number of nitrogens with one attached hydrogen (secondary N) is 1. The van der Waals surface area contributed by atoms with Gasteiger partial charge < -0.3 is 10.1 Å². The van der Waals surface area contributed by atoms with Gasteiger partial charge in [0.2, 0.25) is 5.91 Å². The van der Waals surface area contributed by atoms with Crippen LogP contribution in [0.1, 0.15) is 21.3 Å². The average Bonchev–Trinajstić information content (AvgIpc) is 3.15. The Balaban J connectivity index is 1.58. The molecule has 8 heteroatoms. The predicted molar refractivity (Wildman–Crippen MR) is 116 cm³/mol. The van der Waals surface area contributed by atoms with E-state index in [-0.39, 0.29) is 23.3 Å². The third kappa shape index (κ3) is 4.39. The number of methoxy groups -OCH3 is 1. The Morgan fingerprint density at radius 2 is 1.87 bits per heavy atom. The highest BCUT2D eigenvalue weighted by Gasteiger charge is 2.35. The van der Waals surface area contributed by atoms with Crippen LogP contribution in [-0.2, 0) is 4.79 Å². The van der Waals surface area contributed by atoms with Crippen molar-refractivity contribution in [3.63, 3.8) is 0 Å². The maximum atomic E-state index is 14.3. The number of nitrogens with zero attached hydrogens (tertiary/aromatic N) is 1. The van der Waals surface area contributed by atoms with E-state index in [2.05, 4.69) is 5.32 Å². The maximum absolute atomic E-state index is 14.3. The summed E-state index contributed by atoms with van der Waals surface area (Å²) in [4.78, 5) is 26.3. The van der Waals surface area contributed by atoms with Crippen molar-refractivity contribution in [1.82, 2.24) is 0 Å². The van der Waals surface area contributed by atoms with E-state index >= 15 is 0 Å². The van der Waals surface area contributed by atoms with Gasteiger partial charge in [0.15, 0.2) is 0 Å². The van der Waals surface area contributed by atoms with Gasteiger partial charge in [0.25, 0.3) is 5.91 Å². The molecular formula is C23H18F2N2O3S. The Bertz CT molecular complexity index is 1140. The first-order valence-electron chi connectivity index (χ1n) is 9.40. The van der Waals surface area contributed by atoms with Crippen molar-refractivity contribution in [2.24, 2.45) is 0 Å². The minimum atomic E-state index is -0.801. The Morgan fingerprint density at radius 3 is 2.58 bits per heavy atom. The van der Waals surface area contributed by atoms with E-state index in [4.69, 9.17) is 4.74 Å². The number of benzene rings is 3. The lowest BCUT2D eigenvalue weighted by Gasteiger charge is -2.25. The van der Waals surface area contributed by atoms with Crippen molar-refractivity contribution in [1.29, 1.82) is 0 Å². The zero-order valence-electron chi connectivity index (χ0n) is 16.5. The summed E-state index contributed by atoms with van der Waals surface area (Å²) in [5.41, 5.74) is 1.74. The van der Waals surface area contributed by atoms with E-state index in [9.17, 15) is 18.4 Å². The summed E-state index contributed by atoms with van der Waals surface area (Å²) in [7, 11) is 1.55. The quantitative estimate of drug-likeness (QED) is 0.606. The fourth-order valence-corrected chi connectivity index (χ4v) is 4.48. The van der Waals surface area contributed by atoms with E-state index in [0.29, 0.717) is 22.6 Å². The molecule has 2 amide bonds. The van der Waals surface area contributed by atoms with Gasteiger partial charge in [-0.1, -0.05) is 12.1 Å². The molecule has 3 aromatic carbocycles. The molecule has 0 radical (unpaired) electrons. The average molecular weight is 440 g/mol. The van der Waals surface area contributed by atoms with E-state index in [1.807, 2.05) is 0 Å². The summed E-state index contributed by atoms with van der Waals surface area (Å²) in [6.45, 7) is 0. The molecule has 5 nitrogen and oxygen atoms in total. The maximum Gasteiger partial charge on any atom is 0.255 e. The van der Waals surface area contributed by atoms with Crippen LogP contribution < -0.4 is 15.0 Å². The smallest absolute Gasteiger partial charge is 0.255 e. The van der Waals surface area contributed by atoms with Gasteiger partial charge in [0, 0.05) is 17.3 Å². The molecule has 1 N–H and O–H groups in total. The minimum absolute atomic E-state index is 0.0223. The summed E-state index contributed by atoms with van der Waals surface area (Å²) >= 11 is 1.34. The number of carbonyl (C=O) groups excluding carboxylic acids is 2. The van der Waals surface area contributed by atoms with Crippen molar-refractivity contribution in [2.45, 2.75) is 5.37 Å². The second kappa shape index (κ2) is 8.77. The number of amides is 2. The van der Waals surface area contributed by atoms with Crippen LogP contribution in [0.3, 0.4) is 0 Å². The van der Waals surface area contributed by atoms with Crippen molar-refractivity contribution >= 4 is 35.0 Å². The fraction of sp³-hybridized carbons (Fsp3) is 0.130. The molecular weight excluding hydrogens is 422 g/mol. The van der Waals surface area contributed by atoms with E-state index in [0.717, 1.165) is 12.1 Å². The van der Waals surface area contributed by atoms with Crippen LogP contribution in [0, 0.1) is 11.6 Å². The van der Waals surface area contributed by atoms with Crippen molar-refractivity contribution < 1.29 is 23.1 Å². The molecule has 0 saturated carbocycles. The van der Waals surface area contributed by atoms with Gasteiger partial charge in [0.1, 0.15) is 22.8 Å². The Kier molecular flexibility index (Phi) is 5.90. The van der Waals surface area contributed by atoms with Crippen LogP contribution in [-0.4, -0.2) is 24.7 Å². The molecule has 1 aliphatic heterocycles. The number of thioether (sulfide) groups is 1. The van der Waals surface area contributed by atoms with Crippen molar-refractivity contribution in [2.75, 3.05) is 23.1 Å². The number of ether oxygens (including phenoxy) is 1. The van der Waals surface area contributed by atoms with E-state index < -0.39 is 17.0 Å². The highest BCUT2D eigenvalue weighted by atomic mass is 32.2. The summed E-state index contributed by atoms with van der Waals surface area (Å²) in [5.74, 6) is -1.26. The lowest BCUT2D eigenvalue weighted by atomic mass is 10.1. The van der Waals surface area contributed by atoms with Gasteiger partial charge in [-0.2, -0.15) is 0 Å². The van der Waals surface area contributed by atoms with E-state index in [1.165, 1.54) is 22.7 Å². The molecule has 0 bridgehead atoms. The number of anilines is 2. The number of hydrogen-bond acceptors (Lipinski definition) is 4. The van der Waals surface area contributed by atoms with Crippen molar-refractivity contribution in [3.8, 4) is 5.75 Å². The van der Waals surface area contributed by atoms with Crippen LogP contribution >= 0.6 is 11.8 Å². The Hall–Kier alpha value is -3.39. The van der Waals surface area contributed by atoms with Gasteiger partial charge in [-0.3, -0.25) is 14.5 Å². The number of rotatable bonds is 5. The largest absolute Gasteiger partial charge is 0.497 e. The standard InChI is InChI=1S/C23H18F2N2O3S/c1-30-18-8-5-14(6-9-18)22(29)26-17-4-2-3-15(11-17)23-27(21(28)13-31-23)20-10-7-16(24)12-19(20)25/h2-12,23H,13H2,1H3,(H,26,29)/t23-/m1/s1. The highest BCUT2D eigenvalue weighted by Crippen LogP contribution is 2.43. The molecule has 0 aliphatic carbocycles. The third-order valence-corrected chi connectivity index (χ3v) is 6.03. The van der Waals surface area contributed by atoms with E-state index in [1.54, 1.807) is 55.6 Å². The lowest BCUT2D eigenvalue weighted by Crippen LogP contribution is -2.28. The second-order valence-corrected chi connectivity index (χ2v) is 7.90. The van der Waals surface area contributed by atoms with Gasteiger partial charge in [-0.05, 0) is 54.1 Å². The molecule has 158 valence electrons. The summed E-state index contributed by atoms with van der Waals surface area (Å²) < 4.78 is 32.8. The molecule has 1 atom stereocenters. The molecule has 0 aromatic heterocycles. The van der Waals surface area contributed by atoms with Gasteiger partial charge in [0.05, 0.1) is 18.6 Å². The van der Waals surface area contributed by atoms with Gasteiger partial charge >= 0.3 is 0 Å². The lowest BCUT2D eigenvalue weighted by molar-refractivity contribution is -0.115. The highest BCUT2D eigenvalue weighted by molar-refractivity contribution is 8.00. The molecule has 3 aromatic rings. The molecule has 0 unspecified atom stereocenters. The van der Waals surface area contributed by atoms with Crippen LogP contribution in [0.15, 0.2) is 66.7 Å². The monoisotopic (exact) mass is 440 g/mol. The second-order valence-electron chi connectivity index (χ2n) is 6.83. The SMILES string of the molecule is COc1ccc(C(=O)Nc2cccc([C@H]3SCC(=O)N3c3ccc(F)cc3F)c2)cc1. The number of hydrogen-bond donors (Lipinski definition) is 1. The zero-order valence-corrected chi connectivity index (χ0v) is 17.3. The van der Waals surface area contributed by atoms with Gasteiger partial charge in [-0.15, -0.1) is 11.8 Å². The van der Waals surface area contributed by atoms with Crippen molar-refractivity contribution in [3.05, 3.63) is 89.5 Å². The van der Waals surface area contributed by atoms with Crippen LogP contribution in [0.5, 0.6) is 5.75 Å². The van der Waals surface area contributed by atoms with Crippen LogP contribution in [0.4, 0.5) is 20.2 Å². The first-order valence-corrected chi connectivity index (χ1v) is 10.5. The van der Waals surface area contributed by atoms with Gasteiger partial charge in [-0.25, -0.2) is 8.78 Å². The Morgan fingerprint density at radius 1 is 1.10 bits per heavy atom. The predicted octanol–water partition coefficient (Wildman–Crippen LogP) is 5.00. The Labute approximate surface area is 182 Å². The molecule has 31 heavy (non-hydrogen) atoms. The summed E-state index contributed by atoms with van der Waals surface area (Å²) in [5, 5.41) is 2.33. The summed E-state index contributed by atoms with van der Waals surface area (Å²) in [6.07, 6.45) is 0. The molecule has 1 aliphatic rings. The normalized spacial score (nSPS) is 15.8.